The fourth-order valence-electron chi connectivity index (χ4n) is 5.15. The minimum absolute atomic E-state index is 0.0400. The molecule has 0 saturated carbocycles. The number of carbonyl (C=O) groups is 1. The molecule has 0 atom stereocenters. The van der Waals surface area contributed by atoms with Crippen LogP contribution in [0.15, 0.2) is 42.7 Å². The Morgan fingerprint density at radius 3 is 2.77 bits per heavy atom. The summed E-state index contributed by atoms with van der Waals surface area (Å²) in [5, 5.41) is 9.59. The molecule has 7 nitrogen and oxygen atoms in total. The maximum Gasteiger partial charge on any atom is 0.260 e. The lowest BCUT2D eigenvalue weighted by molar-refractivity contribution is -0.106. The maximum absolute atomic E-state index is 13.9. The second kappa shape index (κ2) is 11.5. The zero-order valence-electron chi connectivity index (χ0n) is 21.8. The van der Waals surface area contributed by atoms with Crippen molar-refractivity contribution < 1.29 is 13.6 Å². The molecule has 39 heavy (non-hydrogen) atoms. The van der Waals surface area contributed by atoms with Crippen molar-refractivity contribution in [3.05, 3.63) is 64.6 Å². The number of carbonyl (C=O) groups excluding carboxylic acids is 1. The first-order chi connectivity index (χ1) is 18.8. The van der Waals surface area contributed by atoms with Crippen LogP contribution < -0.4 is 5.32 Å². The number of hydrogen-bond donors (Lipinski definition) is 1. The predicted molar refractivity (Wildman–Crippen MR) is 151 cm³/mol. The first kappa shape index (κ1) is 27.4. The number of piperidine rings is 1. The van der Waals surface area contributed by atoms with Crippen molar-refractivity contribution in [2.75, 3.05) is 25.5 Å². The number of nitrogens with one attached hydrogen (secondary N) is 1. The number of alkyl halides is 2. The van der Waals surface area contributed by atoms with E-state index in [1.807, 2.05) is 48.3 Å². The van der Waals surface area contributed by atoms with E-state index in [0.29, 0.717) is 24.5 Å². The third kappa shape index (κ3) is 5.73. The van der Waals surface area contributed by atoms with Crippen LogP contribution in [0.25, 0.3) is 27.5 Å². The average Bonchev–Trinajstić information content (AvgIpc) is 3.51. The first-order valence-corrected chi connectivity index (χ1v) is 14.0. The highest BCUT2D eigenvalue weighted by molar-refractivity contribution is 7.19. The van der Waals surface area contributed by atoms with Gasteiger partial charge in [-0.2, -0.15) is 5.10 Å². The number of aryl methyl sites for hydroxylation is 1. The Morgan fingerprint density at radius 1 is 1.26 bits per heavy atom. The molecule has 4 aromatic rings. The number of pyridine rings is 1. The van der Waals surface area contributed by atoms with Crippen LogP contribution in [0.1, 0.15) is 36.6 Å². The summed E-state index contributed by atoms with van der Waals surface area (Å²) < 4.78 is 29.7. The molecule has 3 aromatic heterocycles. The molecule has 0 amide bonds. The highest BCUT2D eigenvalue weighted by Crippen LogP contribution is 2.44. The molecule has 6 rings (SSSR count). The van der Waals surface area contributed by atoms with E-state index in [9.17, 15) is 8.78 Å². The standard InChI is InChI=1S/C26H25ClF2N6S.C2H4O/c1-30-25-32-20-7-6-18-22(17-4-2-10-31-13-17)33-35(23(18)24(20)36-25)21-8-5-16(12-19(21)27)14-34-11-3-9-26(28,29)15-34;1-2-3/h2,4-5,8,10,12-13H,3,6-7,9,11,14-15H2,1H3,(H,30,32);2H,1H3. The lowest BCUT2D eigenvalue weighted by Gasteiger charge is -2.32. The molecule has 0 radical (unpaired) electrons. The Labute approximate surface area is 234 Å². The van der Waals surface area contributed by atoms with E-state index in [4.69, 9.17) is 26.5 Å². The lowest BCUT2D eigenvalue weighted by atomic mass is 9.95. The van der Waals surface area contributed by atoms with E-state index >= 15 is 0 Å². The zero-order valence-corrected chi connectivity index (χ0v) is 23.3. The Hall–Kier alpha value is -3.21. The van der Waals surface area contributed by atoms with Gasteiger partial charge < -0.3 is 10.1 Å². The third-order valence-electron chi connectivity index (χ3n) is 6.77. The molecule has 1 aromatic carbocycles. The number of benzene rings is 1. The van der Waals surface area contributed by atoms with Gasteiger partial charge >= 0.3 is 0 Å². The van der Waals surface area contributed by atoms with Crippen molar-refractivity contribution in [2.24, 2.45) is 0 Å². The van der Waals surface area contributed by atoms with Crippen LogP contribution in [0.5, 0.6) is 0 Å². The van der Waals surface area contributed by atoms with E-state index in [1.54, 1.807) is 22.4 Å². The van der Waals surface area contributed by atoms with Crippen molar-refractivity contribution in [1.82, 2.24) is 24.6 Å². The number of fused-ring (bicyclic) bond motifs is 3. The van der Waals surface area contributed by atoms with Crippen LogP contribution in [-0.2, 0) is 24.2 Å². The number of likely N-dealkylation sites (tertiary alicyclic amines) is 1. The van der Waals surface area contributed by atoms with E-state index < -0.39 is 5.92 Å². The molecule has 0 spiro atoms. The lowest BCUT2D eigenvalue weighted by Crippen LogP contribution is -2.42. The van der Waals surface area contributed by atoms with Gasteiger partial charge in [-0.15, -0.1) is 0 Å². The van der Waals surface area contributed by atoms with Crippen molar-refractivity contribution in [1.29, 1.82) is 0 Å². The summed E-state index contributed by atoms with van der Waals surface area (Å²) in [5.41, 5.74) is 6.70. The quantitative estimate of drug-likeness (QED) is 0.284. The molecule has 11 heteroatoms. The minimum Gasteiger partial charge on any atom is -0.365 e. The highest BCUT2D eigenvalue weighted by Gasteiger charge is 2.35. The SMILES string of the molecule is CC=O.CNc1nc2c(s1)-c1c(c(-c3cccnc3)nn1-c1ccc(CN3CCCC(F)(F)C3)cc1Cl)CC2. The number of rotatable bonds is 5. The molecule has 0 unspecified atom stereocenters. The summed E-state index contributed by atoms with van der Waals surface area (Å²) in [5.74, 6) is -2.63. The molecule has 1 aliphatic carbocycles. The first-order valence-electron chi connectivity index (χ1n) is 12.8. The molecule has 1 N–H and O–H groups in total. The van der Waals surface area contributed by atoms with Gasteiger partial charge in [-0.3, -0.25) is 9.88 Å². The Kier molecular flexibility index (Phi) is 8.06. The van der Waals surface area contributed by atoms with Crippen LogP contribution in [0.3, 0.4) is 0 Å². The van der Waals surface area contributed by atoms with Gasteiger partial charge in [0.05, 0.1) is 39.2 Å². The number of halogens is 3. The Balaban J connectivity index is 0.000000983. The summed E-state index contributed by atoms with van der Waals surface area (Å²) in [4.78, 5) is 20.7. The zero-order chi connectivity index (χ0) is 27.6. The topological polar surface area (TPSA) is 75.9 Å². The largest absolute Gasteiger partial charge is 0.365 e. The summed E-state index contributed by atoms with van der Waals surface area (Å²) in [6.45, 7) is 2.34. The third-order valence-corrected chi connectivity index (χ3v) is 8.20. The van der Waals surface area contributed by atoms with Gasteiger partial charge in [0.15, 0.2) is 5.13 Å². The summed E-state index contributed by atoms with van der Waals surface area (Å²) in [7, 11) is 1.87. The molecule has 204 valence electrons. The number of hydrogen-bond acceptors (Lipinski definition) is 7. The van der Waals surface area contributed by atoms with Crippen LogP contribution in [-0.4, -0.2) is 57.0 Å². The van der Waals surface area contributed by atoms with Crippen LogP contribution >= 0.6 is 22.9 Å². The summed E-state index contributed by atoms with van der Waals surface area (Å²) in [6, 6.07) is 9.69. The number of nitrogens with zero attached hydrogens (tertiary/aromatic N) is 5. The van der Waals surface area contributed by atoms with Crippen molar-refractivity contribution in [3.63, 3.8) is 0 Å². The average molecular weight is 571 g/mol. The van der Waals surface area contributed by atoms with Crippen molar-refractivity contribution in [2.45, 2.75) is 45.1 Å². The summed E-state index contributed by atoms with van der Waals surface area (Å²) in [6.07, 6.45) is 6.45. The molecular formula is C28H29ClF2N6OS. The van der Waals surface area contributed by atoms with Crippen LogP contribution in [0, 0.1) is 0 Å². The molecule has 0 bridgehead atoms. The molecular weight excluding hydrogens is 542 g/mol. The van der Waals surface area contributed by atoms with Gasteiger partial charge in [-0.25, -0.2) is 18.4 Å². The van der Waals surface area contributed by atoms with Gasteiger partial charge in [-0.1, -0.05) is 29.0 Å². The number of aldehydes is 1. The minimum atomic E-state index is -2.63. The van der Waals surface area contributed by atoms with Gasteiger partial charge in [0, 0.05) is 43.5 Å². The number of anilines is 1. The fraction of sp³-hybridized carbons (Fsp3) is 0.357. The van der Waals surface area contributed by atoms with E-state index in [1.165, 1.54) is 6.92 Å². The van der Waals surface area contributed by atoms with E-state index in [-0.39, 0.29) is 13.0 Å². The van der Waals surface area contributed by atoms with E-state index in [0.717, 1.165) is 68.6 Å². The fourth-order valence-corrected chi connectivity index (χ4v) is 6.45. The predicted octanol–water partition coefficient (Wildman–Crippen LogP) is 6.29. The van der Waals surface area contributed by atoms with Crippen molar-refractivity contribution in [3.8, 4) is 27.5 Å². The summed E-state index contributed by atoms with van der Waals surface area (Å²) >= 11 is 8.44. The number of aromatic nitrogens is 4. The van der Waals surface area contributed by atoms with Gasteiger partial charge in [0.25, 0.3) is 5.92 Å². The van der Waals surface area contributed by atoms with Gasteiger partial charge in [0.1, 0.15) is 6.29 Å². The second-order valence-corrected chi connectivity index (χ2v) is 11.0. The van der Waals surface area contributed by atoms with Crippen LogP contribution in [0.2, 0.25) is 5.02 Å². The second-order valence-electron chi connectivity index (χ2n) is 9.57. The van der Waals surface area contributed by atoms with Crippen LogP contribution in [0.4, 0.5) is 13.9 Å². The Bertz CT molecular complexity index is 1470. The molecule has 2 aliphatic rings. The van der Waals surface area contributed by atoms with Gasteiger partial charge in [0.2, 0.25) is 0 Å². The molecule has 1 saturated heterocycles. The number of thiazole rings is 1. The maximum atomic E-state index is 13.9. The normalized spacial score (nSPS) is 16.0. The highest BCUT2D eigenvalue weighted by atomic mass is 35.5. The molecule has 1 fully saturated rings. The van der Waals surface area contributed by atoms with Crippen molar-refractivity contribution >= 4 is 34.4 Å². The molecule has 1 aliphatic heterocycles. The van der Waals surface area contributed by atoms with E-state index in [2.05, 4.69) is 10.3 Å². The monoisotopic (exact) mass is 570 g/mol. The smallest absolute Gasteiger partial charge is 0.260 e. The molecule has 4 heterocycles. The Morgan fingerprint density at radius 2 is 2.08 bits per heavy atom. The van der Waals surface area contributed by atoms with Gasteiger partial charge in [-0.05, 0) is 62.6 Å².